The smallest absolute Gasteiger partial charge is 0.0596 e. The van der Waals surface area contributed by atoms with Crippen LogP contribution in [0.5, 0.6) is 0 Å². The molecule has 1 nitrogen and oxygen atoms in total. The highest BCUT2D eigenvalue weighted by atomic mass is 32.1. The van der Waals surface area contributed by atoms with E-state index in [1.54, 1.807) is 0 Å². The van der Waals surface area contributed by atoms with Gasteiger partial charge in [-0.1, -0.05) is 48.0 Å². The summed E-state index contributed by atoms with van der Waals surface area (Å²) in [5.41, 5.74) is 6.36. The molecule has 1 N–H and O–H groups in total. The molecule has 2 heteroatoms. The number of rotatable bonds is 2. The standard InChI is InChI=1S/C20H17NS/c1-13-7-9-15(10-8-13)18-11-12-19(22-18)20-14(2)16-5-3-4-6-17(16)21-20/h3-12,21H,1-2H3. The second-order valence-corrected chi connectivity index (χ2v) is 6.78. The summed E-state index contributed by atoms with van der Waals surface area (Å²) in [4.78, 5) is 6.17. The molecule has 22 heavy (non-hydrogen) atoms. The predicted molar refractivity (Wildman–Crippen MR) is 96.5 cm³/mol. The Morgan fingerprint density at radius 2 is 1.50 bits per heavy atom. The predicted octanol–water partition coefficient (Wildman–Crippen LogP) is 6.18. The number of benzene rings is 2. The normalized spacial score (nSPS) is 11.2. The lowest BCUT2D eigenvalue weighted by Crippen LogP contribution is -1.74. The highest BCUT2D eigenvalue weighted by Gasteiger charge is 2.11. The van der Waals surface area contributed by atoms with Gasteiger partial charge >= 0.3 is 0 Å². The third-order valence-corrected chi connectivity index (χ3v) is 5.31. The van der Waals surface area contributed by atoms with E-state index >= 15 is 0 Å². The van der Waals surface area contributed by atoms with E-state index in [2.05, 4.69) is 79.5 Å². The van der Waals surface area contributed by atoms with Crippen molar-refractivity contribution in [3.05, 3.63) is 71.8 Å². The van der Waals surface area contributed by atoms with Crippen molar-refractivity contribution in [2.24, 2.45) is 0 Å². The van der Waals surface area contributed by atoms with Crippen LogP contribution in [0.25, 0.3) is 31.9 Å². The topological polar surface area (TPSA) is 15.8 Å². The number of thiophene rings is 1. The SMILES string of the molecule is Cc1ccc(-c2ccc(-c3[nH]c4ccccc4c3C)s2)cc1. The number of fused-ring (bicyclic) bond motifs is 1. The molecule has 0 radical (unpaired) electrons. The summed E-state index contributed by atoms with van der Waals surface area (Å²) in [5.74, 6) is 0. The summed E-state index contributed by atoms with van der Waals surface area (Å²) in [7, 11) is 0. The average Bonchev–Trinajstić information content (AvgIpc) is 3.14. The Bertz CT molecular complexity index is 941. The molecule has 0 bridgehead atoms. The van der Waals surface area contributed by atoms with Crippen molar-refractivity contribution in [2.75, 3.05) is 0 Å². The first-order valence-corrected chi connectivity index (χ1v) is 8.28. The van der Waals surface area contributed by atoms with Gasteiger partial charge in [-0.3, -0.25) is 0 Å². The summed E-state index contributed by atoms with van der Waals surface area (Å²) in [6, 6.07) is 21.7. The van der Waals surface area contributed by atoms with Crippen LogP contribution in [-0.2, 0) is 0 Å². The zero-order chi connectivity index (χ0) is 15.1. The molecule has 0 saturated carbocycles. The number of hydrogen-bond acceptors (Lipinski definition) is 1. The molecule has 0 unspecified atom stereocenters. The zero-order valence-electron chi connectivity index (χ0n) is 12.7. The minimum atomic E-state index is 1.21. The first-order valence-electron chi connectivity index (χ1n) is 7.47. The minimum Gasteiger partial charge on any atom is -0.354 e. The molecule has 4 aromatic rings. The summed E-state index contributed by atoms with van der Waals surface area (Å²) < 4.78 is 0. The van der Waals surface area contributed by atoms with Crippen molar-refractivity contribution in [1.29, 1.82) is 0 Å². The van der Waals surface area contributed by atoms with Gasteiger partial charge in [0.2, 0.25) is 0 Å². The molecule has 0 spiro atoms. The number of hydrogen-bond donors (Lipinski definition) is 1. The van der Waals surface area contributed by atoms with Gasteiger partial charge in [-0.25, -0.2) is 0 Å². The second-order valence-electron chi connectivity index (χ2n) is 5.70. The molecule has 0 atom stereocenters. The Labute approximate surface area is 134 Å². The van der Waals surface area contributed by atoms with Gasteiger partial charge in [0.25, 0.3) is 0 Å². The highest BCUT2D eigenvalue weighted by molar-refractivity contribution is 7.18. The van der Waals surface area contributed by atoms with Crippen molar-refractivity contribution in [3.8, 4) is 21.0 Å². The van der Waals surface area contributed by atoms with E-state index in [1.165, 1.54) is 43.0 Å². The van der Waals surface area contributed by atoms with Crippen molar-refractivity contribution >= 4 is 22.2 Å². The van der Waals surface area contributed by atoms with Crippen LogP contribution in [0.2, 0.25) is 0 Å². The Morgan fingerprint density at radius 1 is 0.773 bits per heavy atom. The average molecular weight is 303 g/mol. The van der Waals surface area contributed by atoms with Gasteiger partial charge in [-0.05, 0) is 43.2 Å². The Balaban J connectivity index is 1.80. The van der Waals surface area contributed by atoms with Gasteiger partial charge in [0.15, 0.2) is 0 Å². The Morgan fingerprint density at radius 3 is 2.27 bits per heavy atom. The number of para-hydroxylation sites is 1. The van der Waals surface area contributed by atoms with Gasteiger partial charge in [0, 0.05) is 15.8 Å². The van der Waals surface area contributed by atoms with E-state index in [4.69, 9.17) is 0 Å². The minimum absolute atomic E-state index is 1.21. The molecule has 0 saturated heterocycles. The zero-order valence-corrected chi connectivity index (χ0v) is 13.5. The molecule has 2 aromatic carbocycles. The van der Waals surface area contributed by atoms with E-state index in [0.717, 1.165) is 0 Å². The van der Waals surface area contributed by atoms with Crippen molar-refractivity contribution in [1.82, 2.24) is 4.98 Å². The third-order valence-electron chi connectivity index (χ3n) is 4.15. The number of H-pyrrole nitrogens is 1. The number of aromatic nitrogens is 1. The maximum atomic E-state index is 3.56. The lowest BCUT2D eigenvalue weighted by atomic mass is 10.1. The lowest BCUT2D eigenvalue weighted by molar-refractivity contribution is 1.43. The summed E-state index contributed by atoms with van der Waals surface area (Å²) in [5, 5.41) is 1.31. The molecule has 108 valence electrons. The highest BCUT2D eigenvalue weighted by Crippen LogP contribution is 2.37. The first kappa shape index (κ1) is 13.4. The van der Waals surface area contributed by atoms with Gasteiger partial charge in [0.1, 0.15) is 0 Å². The van der Waals surface area contributed by atoms with Crippen LogP contribution in [0.1, 0.15) is 11.1 Å². The third kappa shape index (κ3) is 2.16. The van der Waals surface area contributed by atoms with Crippen LogP contribution in [0.4, 0.5) is 0 Å². The van der Waals surface area contributed by atoms with E-state index in [9.17, 15) is 0 Å². The van der Waals surface area contributed by atoms with Crippen LogP contribution in [-0.4, -0.2) is 4.98 Å². The molecule has 2 aromatic heterocycles. The molecule has 0 fully saturated rings. The monoisotopic (exact) mass is 303 g/mol. The lowest BCUT2D eigenvalue weighted by Gasteiger charge is -1.98. The number of aryl methyl sites for hydroxylation is 2. The molecule has 0 aliphatic rings. The fourth-order valence-electron chi connectivity index (χ4n) is 2.87. The van der Waals surface area contributed by atoms with E-state index < -0.39 is 0 Å². The van der Waals surface area contributed by atoms with Crippen molar-refractivity contribution in [3.63, 3.8) is 0 Å². The molecule has 0 aliphatic heterocycles. The Kier molecular flexibility index (Phi) is 3.12. The molecule has 2 heterocycles. The fraction of sp³-hybridized carbons (Fsp3) is 0.100. The van der Waals surface area contributed by atoms with Crippen molar-refractivity contribution < 1.29 is 0 Å². The molecule has 0 amide bonds. The number of aromatic amines is 1. The molecular weight excluding hydrogens is 286 g/mol. The largest absolute Gasteiger partial charge is 0.354 e. The van der Waals surface area contributed by atoms with E-state index in [0.29, 0.717) is 0 Å². The summed E-state index contributed by atoms with van der Waals surface area (Å²) in [6.07, 6.45) is 0. The maximum Gasteiger partial charge on any atom is 0.0596 e. The van der Waals surface area contributed by atoms with E-state index in [-0.39, 0.29) is 0 Å². The molecular formula is C20H17NS. The van der Waals surface area contributed by atoms with Crippen LogP contribution < -0.4 is 0 Å². The van der Waals surface area contributed by atoms with Crippen molar-refractivity contribution in [2.45, 2.75) is 13.8 Å². The first-order chi connectivity index (χ1) is 10.7. The maximum absolute atomic E-state index is 3.56. The second kappa shape index (κ2) is 5.15. The molecule has 0 aliphatic carbocycles. The van der Waals surface area contributed by atoms with Gasteiger partial charge in [-0.15, -0.1) is 11.3 Å². The van der Waals surface area contributed by atoms with Gasteiger partial charge in [-0.2, -0.15) is 0 Å². The van der Waals surface area contributed by atoms with Gasteiger partial charge in [0.05, 0.1) is 10.6 Å². The number of nitrogens with one attached hydrogen (secondary N) is 1. The van der Waals surface area contributed by atoms with Crippen LogP contribution >= 0.6 is 11.3 Å². The molecule has 4 rings (SSSR count). The quantitative estimate of drug-likeness (QED) is 0.455. The van der Waals surface area contributed by atoms with E-state index in [1.807, 2.05) is 11.3 Å². The fourth-order valence-corrected chi connectivity index (χ4v) is 3.94. The van der Waals surface area contributed by atoms with Gasteiger partial charge < -0.3 is 4.98 Å². The summed E-state index contributed by atoms with van der Waals surface area (Å²) >= 11 is 1.84. The van der Waals surface area contributed by atoms with Crippen LogP contribution in [0.3, 0.4) is 0 Å². The Hall–Kier alpha value is -2.32. The van der Waals surface area contributed by atoms with Crippen LogP contribution in [0, 0.1) is 13.8 Å². The van der Waals surface area contributed by atoms with Crippen LogP contribution in [0.15, 0.2) is 60.7 Å². The summed E-state index contributed by atoms with van der Waals surface area (Å²) in [6.45, 7) is 4.32.